The summed E-state index contributed by atoms with van der Waals surface area (Å²) in [5.74, 6) is -0.993. The van der Waals surface area contributed by atoms with Gasteiger partial charge in [0.05, 0.1) is 16.6 Å². The van der Waals surface area contributed by atoms with Gasteiger partial charge < -0.3 is 16.0 Å². The Hall–Kier alpha value is -1.83. The van der Waals surface area contributed by atoms with Crippen LogP contribution in [0.3, 0.4) is 0 Å². The molecule has 4 N–H and O–H groups in total. The van der Waals surface area contributed by atoms with E-state index in [9.17, 15) is 18.0 Å². The fourth-order valence-electron chi connectivity index (χ4n) is 2.07. The normalized spacial score (nSPS) is 25.1. The summed E-state index contributed by atoms with van der Waals surface area (Å²) < 4.78 is 23.1. The van der Waals surface area contributed by atoms with Gasteiger partial charge in [-0.15, -0.1) is 0 Å². The Balaban J connectivity index is 2.07. The Morgan fingerprint density at radius 3 is 2.63 bits per heavy atom. The van der Waals surface area contributed by atoms with Crippen molar-refractivity contribution in [3.63, 3.8) is 0 Å². The number of sulfone groups is 1. The summed E-state index contributed by atoms with van der Waals surface area (Å²) in [6, 6.07) is 0.940. The van der Waals surface area contributed by atoms with Crippen molar-refractivity contribution in [3.05, 3.63) is 23.5 Å². The second-order valence-corrected chi connectivity index (χ2v) is 7.08. The predicted molar refractivity (Wildman–Crippen MR) is 68.4 cm³/mol. The van der Waals surface area contributed by atoms with Gasteiger partial charge in [0.25, 0.3) is 11.8 Å². The first-order chi connectivity index (χ1) is 8.81. The number of carbonyl (C=O) groups is 2. The van der Waals surface area contributed by atoms with Gasteiger partial charge in [0.15, 0.2) is 9.84 Å². The number of nitrogens with two attached hydrogens (primary N) is 1. The van der Waals surface area contributed by atoms with Crippen LogP contribution in [0.4, 0.5) is 0 Å². The van der Waals surface area contributed by atoms with E-state index in [0.717, 1.165) is 0 Å². The number of primary amides is 1. The number of H-pyrrole nitrogens is 1. The van der Waals surface area contributed by atoms with Crippen LogP contribution in [-0.4, -0.2) is 42.3 Å². The SMILES string of the molecule is C[C@@H]1[C@H](NC(=O)c2c[nH]c(C(N)=O)c2)CCS1(=O)=O. The highest BCUT2D eigenvalue weighted by Gasteiger charge is 2.37. The molecule has 1 saturated heterocycles. The molecule has 0 aliphatic carbocycles. The molecular weight excluding hydrogens is 270 g/mol. The van der Waals surface area contributed by atoms with E-state index < -0.39 is 32.9 Å². The van der Waals surface area contributed by atoms with Crippen molar-refractivity contribution < 1.29 is 18.0 Å². The lowest BCUT2D eigenvalue weighted by atomic mass is 10.1. The van der Waals surface area contributed by atoms with Gasteiger partial charge in [0.2, 0.25) is 0 Å². The van der Waals surface area contributed by atoms with Crippen molar-refractivity contribution in [2.75, 3.05) is 5.75 Å². The molecule has 2 heterocycles. The molecule has 1 aromatic heterocycles. The van der Waals surface area contributed by atoms with Crippen LogP contribution in [-0.2, 0) is 9.84 Å². The van der Waals surface area contributed by atoms with Crippen molar-refractivity contribution in [2.45, 2.75) is 24.6 Å². The van der Waals surface area contributed by atoms with Gasteiger partial charge >= 0.3 is 0 Å². The third-order valence-electron chi connectivity index (χ3n) is 3.37. The molecule has 1 aliphatic rings. The first-order valence-corrected chi connectivity index (χ1v) is 7.53. The molecule has 0 radical (unpaired) electrons. The van der Waals surface area contributed by atoms with Crippen molar-refractivity contribution in [1.29, 1.82) is 0 Å². The first kappa shape index (κ1) is 13.6. The standard InChI is InChI=1S/C11H15N3O4S/c1-6-8(2-3-19(6,17)18)14-11(16)7-4-9(10(12)15)13-5-7/h4-6,8,13H,2-3H2,1H3,(H2,12,15)(H,14,16)/t6-,8-/m1/s1. The maximum Gasteiger partial charge on any atom is 0.265 e. The molecule has 7 nitrogen and oxygen atoms in total. The van der Waals surface area contributed by atoms with E-state index in [2.05, 4.69) is 10.3 Å². The van der Waals surface area contributed by atoms with Crippen LogP contribution in [0.25, 0.3) is 0 Å². The Bertz CT molecular complexity index is 620. The summed E-state index contributed by atoms with van der Waals surface area (Å²) in [5.41, 5.74) is 5.46. The smallest absolute Gasteiger partial charge is 0.265 e. The fraction of sp³-hybridized carbons (Fsp3) is 0.455. The van der Waals surface area contributed by atoms with Crippen LogP contribution in [0.5, 0.6) is 0 Å². The highest BCUT2D eigenvalue weighted by molar-refractivity contribution is 7.92. The highest BCUT2D eigenvalue weighted by Crippen LogP contribution is 2.20. The molecule has 19 heavy (non-hydrogen) atoms. The van der Waals surface area contributed by atoms with E-state index in [-0.39, 0.29) is 17.0 Å². The molecule has 1 fully saturated rings. The topological polar surface area (TPSA) is 122 Å². The Kier molecular flexibility index (Phi) is 3.36. The van der Waals surface area contributed by atoms with E-state index >= 15 is 0 Å². The van der Waals surface area contributed by atoms with E-state index in [1.807, 2.05) is 0 Å². The van der Waals surface area contributed by atoms with Crippen molar-refractivity contribution >= 4 is 21.7 Å². The molecule has 0 unspecified atom stereocenters. The molecule has 2 amide bonds. The minimum Gasteiger partial charge on any atom is -0.364 e. The van der Waals surface area contributed by atoms with Crippen LogP contribution in [0.1, 0.15) is 34.2 Å². The Morgan fingerprint density at radius 1 is 1.47 bits per heavy atom. The van der Waals surface area contributed by atoms with Crippen molar-refractivity contribution in [1.82, 2.24) is 10.3 Å². The number of aromatic nitrogens is 1. The maximum absolute atomic E-state index is 11.9. The van der Waals surface area contributed by atoms with Gasteiger partial charge in [-0.2, -0.15) is 0 Å². The molecule has 8 heteroatoms. The lowest BCUT2D eigenvalue weighted by Gasteiger charge is -2.15. The van der Waals surface area contributed by atoms with Gasteiger partial charge in [0, 0.05) is 12.2 Å². The highest BCUT2D eigenvalue weighted by atomic mass is 32.2. The summed E-state index contributed by atoms with van der Waals surface area (Å²) in [6.45, 7) is 1.58. The van der Waals surface area contributed by atoms with Crippen LogP contribution in [0, 0.1) is 0 Å². The molecule has 1 aliphatic heterocycles. The molecule has 1 aromatic rings. The molecule has 2 atom stereocenters. The molecule has 104 valence electrons. The van der Waals surface area contributed by atoms with Gasteiger partial charge in [-0.1, -0.05) is 0 Å². The maximum atomic E-state index is 11.9. The van der Waals surface area contributed by atoms with Gasteiger partial charge in [-0.3, -0.25) is 9.59 Å². The Morgan fingerprint density at radius 2 is 2.16 bits per heavy atom. The summed E-state index contributed by atoms with van der Waals surface area (Å²) in [5, 5.41) is 2.07. The minimum atomic E-state index is -3.11. The number of rotatable bonds is 3. The van der Waals surface area contributed by atoms with E-state index in [0.29, 0.717) is 6.42 Å². The zero-order valence-electron chi connectivity index (χ0n) is 10.3. The van der Waals surface area contributed by atoms with E-state index in [1.165, 1.54) is 12.3 Å². The van der Waals surface area contributed by atoms with E-state index in [1.54, 1.807) is 6.92 Å². The molecule has 0 aromatic carbocycles. The third-order valence-corrected chi connectivity index (χ3v) is 5.64. The predicted octanol–water partition coefficient (Wildman–Crippen LogP) is -0.581. The molecule has 2 rings (SSSR count). The van der Waals surface area contributed by atoms with Crippen molar-refractivity contribution in [3.8, 4) is 0 Å². The van der Waals surface area contributed by atoms with Gasteiger partial charge in [-0.25, -0.2) is 8.42 Å². The lowest BCUT2D eigenvalue weighted by Crippen LogP contribution is -2.40. The summed E-state index contributed by atoms with van der Waals surface area (Å²) in [7, 11) is -3.11. The summed E-state index contributed by atoms with van der Waals surface area (Å²) in [4.78, 5) is 25.4. The summed E-state index contributed by atoms with van der Waals surface area (Å²) >= 11 is 0. The fourth-order valence-corrected chi connectivity index (χ4v) is 3.73. The van der Waals surface area contributed by atoms with Crippen LogP contribution >= 0.6 is 0 Å². The summed E-state index contributed by atoms with van der Waals surface area (Å²) in [6.07, 6.45) is 1.77. The van der Waals surface area contributed by atoms with Crippen LogP contribution < -0.4 is 11.1 Å². The zero-order valence-corrected chi connectivity index (χ0v) is 11.2. The number of amides is 2. The largest absolute Gasteiger partial charge is 0.364 e. The number of carbonyl (C=O) groups excluding carboxylic acids is 2. The molecule has 0 spiro atoms. The second kappa shape index (κ2) is 4.69. The molecular formula is C11H15N3O4S. The monoisotopic (exact) mass is 285 g/mol. The van der Waals surface area contributed by atoms with Gasteiger partial charge in [0.1, 0.15) is 5.69 Å². The number of nitrogens with one attached hydrogen (secondary N) is 2. The zero-order chi connectivity index (χ0) is 14.2. The lowest BCUT2D eigenvalue weighted by molar-refractivity contribution is 0.0937. The van der Waals surface area contributed by atoms with Gasteiger partial charge in [-0.05, 0) is 19.4 Å². The second-order valence-electron chi connectivity index (χ2n) is 4.61. The van der Waals surface area contributed by atoms with Crippen LogP contribution in [0.15, 0.2) is 12.3 Å². The number of hydrogen-bond donors (Lipinski definition) is 3. The number of hydrogen-bond acceptors (Lipinski definition) is 4. The average molecular weight is 285 g/mol. The first-order valence-electron chi connectivity index (χ1n) is 5.82. The Labute approximate surface area is 110 Å². The molecule has 0 saturated carbocycles. The quantitative estimate of drug-likeness (QED) is 0.687. The average Bonchev–Trinajstić information content (AvgIpc) is 2.90. The van der Waals surface area contributed by atoms with Crippen molar-refractivity contribution in [2.24, 2.45) is 5.73 Å². The minimum absolute atomic E-state index is 0.0821. The van der Waals surface area contributed by atoms with Crippen LogP contribution in [0.2, 0.25) is 0 Å². The van der Waals surface area contributed by atoms with E-state index in [4.69, 9.17) is 5.73 Å². The number of aromatic amines is 1. The molecule has 0 bridgehead atoms. The third kappa shape index (κ3) is 2.62.